The second kappa shape index (κ2) is 11.7. The fourth-order valence-electron chi connectivity index (χ4n) is 3.43. The Hall–Kier alpha value is -2.13. The summed E-state index contributed by atoms with van der Waals surface area (Å²) < 4.78 is 1.79. The molecule has 1 aromatic heterocycles. The molecule has 0 unspecified atom stereocenters. The molecule has 0 bridgehead atoms. The van der Waals surface area contributed by atoms with Gasteiger partial charge in [-0.05, 0) is 32.4 Å². The molecule has 9 nitrogen and oxygen atoms in total. The van der Waals surface area contributed by atoms with Crippen molar-refractivity contribution in [2.45, 2.75) is 38.8 Å². The van der Waals surface area contributed by atoms with Crippen LogP contribution in [0.4, 0.5) is 4.79 Å². The zero-order valence-corrected chi connectivity index (χ0v) is 17.1. The molecule has 0 atom stereocenters. The van der Waals surface area contributed by atoms with E-state index in [9.17, 15) is 4.79 Å². The van der Waals surface area contributed by atoms with Crippen molar-refractivity contribution in [2.75, 3.05) is 45.8 Å². The largest absolute Gasteiger partial charge is 0.483 e. The fourth-order valence-corrected chi connectivity index (χ4v) is 3.43. The molecular formula is C19H34N6O3. The number of hydrogen-bond acceptors (Lipinski definition) is 5. The number of aryl methyl sites for hydroxylation is 1. The van der Waals surface area contributed by atoms with E-state index in [1.165, 1.54) is 13.1 Å². The van der Waals surface area contributed by atoms with E-state index in [1.807, 2.05) is 24.3 Å². The quantitative estimate of drug-likeness (QED) is 0.501. The van der Waals surface area contributed by atoms with Gasteiger partial charge in [-0.2, -0.15) is 5.10 Å². The van der Waals surface area contributed by atoms with Crippen molar-refractivity contribution in [1.29, 1.82) is 0 Å². The molecule has 1 saturated carbocycles. The standard InChI is InChI=1S/C18H32N6O.CH2O2/c1-3-22-9-11-23(12-10-22)8-4-7-19-18(25)24(17-5-6-17)15-16-13-20-21(2)14-16;2-1-3/h13-14,17H,3-12,15H2,1-2H3,(H,19,25);1H,(H,2,3). The number of carbonyl (C=O) groups excluding carboxylic acids is 1. The van der Waals surface area contributed by atoms with Crippen molar-refractivity contribution in [3.8, 4) is 0 Å². The molecule has 28 heavy (non-hydrogen) atoms. The molecule has 2 aliphatic rings. The van der Waals surface area contributed by atoms with Crippen LogP contribution in [0, 0.1) is 0 Å². The van der Waals surface area contributed by atoms with Gasteiger partial charge in [-0.1, -0.05) is 6.92 Å². The van der Waals surface area contributed by atoms with E-state index in [0.29, 0.717) is 12.6 Å². The van der Waals surface area contributed by atoms with Crippen LogP contribution in [0.25, 0.3) is 0 Å². The normalized spacial score (nSPS) is 17.5. The van der Waals surface area contributed by atoms with Crippen molar-refractivity contribution in [3.05, 3.63) is 18.0 Å². The Bertz CT molecular complexity index is 596. The van der Waals surface area contributed by atoms with Gasteiger partial charge in [0, 0.05) is 57.6 Å². The van der Waals surface area contributed by atoms with Gasteiger partial charge in [0.1, 0.15) is 0 Å². The first-order valence-electron chi connectivity index (χ1n) is 10.1. The minimum atomic E-state index is -0.250. The fraction of sp³-hybridized carbons (Fsp3) is 0.737. The Morgan fingerprint density at radius 1 is 1.32 bits per heavy atom. The van der Waals surface area contributed by atoms with E-state index in [2.05, 4.69) is 27.1 Å². The van der Waals surface area contributed by atoms with Crippen LogP contribution in [0.5, 0.6) is 0 Å². The summed E-state index contributed by atoms with van der Waals surface area (Å²) in [5.41, 5.74) is 1.10. The van der Waals surface area contributed by atoms with Gasteiger partial charge < -0.3 is 25.1 Å². The number of likely N-dealkylation sites (N-methyl/N-ethyl adjacent to an activating group) is 1. The predicted octanol–water partition coefficient (Wildman–Crippen LogP) is 0.823. The lowest BCUT2D eigenvalue weighted by atomic mass is 10.3. The predicted molar refractivity (Wildman–Crippen MR) is 107 cm³/mol. The van der Waals surface area contributed by atoms with Gasteiger partial charge in [0.25, 0.3) is 6.47 Å². The molecule has 2 amide bonds. The second-order valence-electron chi connectivity index (χ2n) is 7.35. The molecule has 9 heteroatoms. The second-order valence-corrected chi connectivity index (χ2v) is 7.35. The summed E-state index contributed by atoms with van der Waals surface area (Å²) in [6.45, 7) is 10.2. The first-order valence-corrected chi connectivity index (χ1v) is 10.1. The number of nitrogens with one attached hydrogen (secondary N) is 1. The molecule has 2 fully saturated rings. The van der Waals surface area contributed by atoms with Gasteiger partial charge in [0.2, 0.25) is 0 Å². The summed E-state index contributed by atoms with van der Waals surface area (Å²) in [7, 11) is 1.91. The Kier molecular flexibility index (Phi) is 9.22. The summed E-state index contributed by atoms with van der Waals surface area (Å²) in [6, 6.07) is 0.476. The van der Waals surface area contributed by atoms with Gasteiger partial charge in [-0.25, -0.2) is 4.79 Å². The topological polar surface area (TPSA) is 93.9 Å². The third-order valence-corrected chi connectivity index (χ3v) is 5.20. The summed E-state index contributed by atoms with van der Waals surface area (Å²) >= 11 is 0. The van der Waals surface area contributed by atoms with Gasteiger partial charge in [-0.15, -0.1) is 0 Å². The van der Waals surface area contributed by atoms with Crippen LogP contribution < -0.4 is 5.32 Å². The molecular weight excluding hydrogens is 360 g/mol. The number of urea groups is 1. The number of hydrogen-bond donors (Lipinski definition) is 2. The average Bonchev–Trinajstić information content (AvgIpc) is 3.45. The van der Waals surface area contributed by atoms with Crippen LogP contribution in [0.2, 0.25) is 0 Å². The lowest BCUT2D eigenvalue weighted by Gasteiger charge is -2.34. The van der Waals surface area contributed by atoms with E-state index in [4.69, 9.17) is 9.90 Å². The minimum Gasteiger partial charge on any atom is -0.483 e. The highest BCUT2D eigenvalue weighted by Crippen LogP contribution is 2.28. The van der Waals surface area contributed by atoms with Crippen LogP contribution in [0.1, 0.15) is 31.7 Å². The highest BCUT2D eigenvalue weighted by atomic mass is 16.3. The molecule has 1 aliphatic carbocycles. The molecule has 0 aromatic carbocycles. The van der Waals surface area contributed by atoms with E-state index < -0.39 is 0 Å². The van der Waals surface area contributed by atoms with Crippen LogP contribution in [0.15, 0.2) is 12.4 Å². The highest BCUT2D eigenvalue weighted by Gasteiger charge is 2.32. The maximum absolute atomic E-state index is 12.5. The third-order valence-electron chi connectivity index (χ3n) is 5.20. The molecule has 158 valence electrons. The lowest BCUT2D eigenvalue weighted by Crippen LogP contribution is -2.47. The van der Waals surface area contributed by atoms with Crippen LogP contribution in [0.3, 0.4) is 0 Å². The van der Waals surface area contributed by atoms with Crippen molar-refractivity contribution in [1.82, 2.24) is 29.8 Å². The maximum Gasteiger partial charge on any atom is 0.317 e. The van der Waals surface area contributed by atoms with Crippen molar-refractivity contribution < 1.29 is 14.7 Å². The van der Waals surface area contributed by atoms with E-state index >= 15 is 0 Å². The number of nitrogens with zero attached hydrogens (tertiary/aromatic N) is 5. The molecule has 1 aromatic rings. The van der Waals surface area contributed by atoms with E-state index in [-0.39, 0.29) is 12.5 Å². The summed E-state index contributed by atoms with van der Waals surface area (Å²) in [5.74, 6) is 0. The number of carboxylic acid groups (broad SMARTS) is 1. The van der Waals surface area contributed by atoms with Crippen LogP contribution in [-0.2, 0) is 18.4 Å². The number of rotatable bonds is 8. The molecule has 2 N–H and O–H groups in total. The van der Waals surface area contributed by atoms with Gasteiger partial charge in [0.15, 0.2) is 0 Å². The first kappa shape index (κ1) is 22.2. The zero-order chi connectivity index (χ0) is 20.4. The SMILES string of the molecule is CCN1CCN(CCCNC(=O)N(Cc2cnn(C)c2)C2CC2)CC1.O=CO. The number of amides is 2. The Balaban J connectivity index is 0.000000878. The number of carbonyl (C=O) groups is 2. The Labute approximate surface area is 167 Å². The molecule has 0 radical (unpaired) electrons. The molecule has 3 rings (SSSR count). The summed E-state index contributed by atoms with van der Waals surface area (Å²) in [6.07, 6.45) is 7.09. The molecule has 1 saturated heterocycles. The van der Waals surface area contributed by atoms with Crippen LogP contribution >= 0.6 is 0 Å². The van der Waals surface area contributed by atoms with E-state index in [0.717, 1.165) is 57.5 Å². The van der Waals surface area contributed by atoms with Crippen LogP contribution in [-0.4, -0.2) is 93.9 Å². The van der Waals surface area contributed by atoms with E-state index in [1.54, 1.807) is 4.68 Å². The minimum absolute atomic E-state index is 0.0714. The lowest BCUT2D eigenvalue weighted by molar-refractivity contribution is -0.122. The number of aromatic nitrogens is 2. The Morgan fingerprint density at radius 2 is 1.96 bits per heavy atom. The molecule has 1 aliphatic heterocycles. The first-order chi connectivity index (χ1) is 13.6. The Morgan fingerprint density at radius 3 is 2.50 bits per heavy atom. The smallest absolute Gasteiger partial charge is 0.317 e. The highest BCUT2D eigenvalue weighted by molar-refractivity contribution is 5.74. The van der Waals surface area contributed by atoms with Gasteiger partial charge in [-0.3, -0.25) is 9.48 Å². The third kappa shape index (κ3) is 7.47. The van der Waals surface area contributed by atoms with Crippen molar-refractivity contribution in [2.24, 2.45) is 7.05 Å². The van der Waals surface area contributed by atoms with Crippen molar-refractivity contribution >= 4 is 12.5 Å². The number of piperazine rings is 1. The summed E-state index contributed by atoms with van der Waals surface area (Å²) in [5, 5.41) is 14.2. The molecule has 2 heterocycles. The van der Waals surface area contributed by atoms with Gasteiger partial charge in [0.05, 0.1) is 12.7 Å². The molecule has 0 spiro atoms. The summed E-state index contributed by atoms with van der Waals surface area (Å²) in [4.78, 5) is 27.9. The van der Waals surface area contributed by atoms with Crippen molar-refractivity contribution in [3.63, 3.8) is 0 Å². The maximum atomic E-state index is 12.5. The van der Waals surface area contributed by atoms with Gasteiger partial charge >= 0.3 is 6.03 Å². The average molecular weight is 395 g/mol. The monoisotopic (exact) mass is 394 g/mol. The zero-order valence-electron chi connectivity index (χ0n) is 17.1.